The number of imidazole rings is 1. The molecule has 1 fully saturated rings. The van der Waals surface area contributed by atoms with Crippen LogP contribution in [0.15, 0.2) is 30.9 Å². The molecular weight excluding hydrogens is 304 g/mol. The standard InChI is InChI=1S/C17H18N6O/c1-23-8-21-14-15(19-7-20-16(14)23)22-17-5-10(11(18)6-17)9-3-2-4-12(24)13(9)17/h2-4,7-8,10-11,24H,5-6,18H2,1H3,(H,19,20,22). The number of rotatable bonds is 2. The van der Waals surface area contributed by atoms with Crippen molar-refractivity contribution in [2.24, 2.45) is 12.8 Å². The molecule has 2 heterocycles. The number of hydrogen-bond acceptors (Lipinski definition) is 6. The third-order valence-electron chi connectivity index (χ3n) is 5.48. The molecule has 3 aromatic rings. The van der Waals surface area contributed by atoms with Gasteiger partial charge in [0.25, 0.3) is 0 Å². The van der Waals surface area contributed by atoms with Crippen molar-refractivity contribution in [3.05, 3.63) is 42.0 Å². The van der Waals surface area contributed by atoms with Crippen molar-refractivity contribution >= 4 is 17.0 Å². The summed E-state index contributed by atoms with van der Waals surface area (Å²) in [5.74, 6) is 1.27. The van der Waals surface area contributed by atoms with Gasteiger partial charge in [-0.15, -0.1) is 0 Å². The lowest BCUT2D eigenvalue weighted by Crippen LogP contribution is -2.37. The van der Waals surface area contributed by atoms with Gasteiger partial charge in [0.2, 0.25) is 0 Å². The number of phenols is 1. The van der Waals surface area contributed by atoms with Crippen LogP contribution in [0.3, 0.4) is 0 Å². The maximum atomic E-state index is 10.5. The van der Waals surface area contributed by atoms with E-state index in [1.807, 2.05) is 17.7 Å². The Morgan fingerprint density at radius 1 is 1.29 bits per heavy atom. The van der Waals surface area contributed by atoms with E-state index in [9.17, 15) is 5.11 Å². The lowest BCUT2D eigenvalue weighted by atomic mass is 9.83. The van der Waals surface area contributed by atoms with Gasteiger partial charge in [-0.2, -0.15) is 0 Å². The van der Waals surface area contributed by atoms with Gasteiger partial charge in [-0.25, -0.2) is 15.0 Å². The van der Waals surface area contributed by atoms with Crippen molar-refractivity contribution in [1.29, 1.82) is 0 Å². The summed E-state index contributed by atoms with van der Waals surface area (Å²) in [6, 6.07) is 5.77. The third kappa shape index (κ3) is 1.62. The molecule has 3 unspecified atom stereocenters. The fraction of sp³-hybridized carbons (Fsp3) is 0.353. The minimum absolute atomic E-state index is 0.0767. The highest BCUT2D eigenvalue weighted by molar-refractivity contribution is 5.83. The number of nitrogens with zero attached hydrogens (tertiary/aromatic N) is 4. The molecule has 5 rings (SSSR count). The number of hydrogen-bond donors (Lipinski definition) is 3. The van der Waals surface area contributed by atoms with Crippen LogP contribution in [-0.4, -0.2) is 30.7 Å². The van der Waals surface area contributed by atoms with Gasteiger partial charge in [0.15, 0.2) is 11.5 Å². The first-order valence-electron chi connectivity index (χ1n) is 8.07. The second kappa shape index (κ2) is 4.45. The van der Waals surface area contributed by atoms with Crippen molar-refractivity contribution in [1.82, 2.24) is 19.5 Å². The molecule has 7 nitrogen and oxygen atoms in total. The average molecular weight is 322 g/mol. The molecule has 24 heavy (non-hydrogen) atoms. The minimum Gasteiger partial charge on any atom is -0.508 e. The van der Waals surface area contributed by atoms with Gasteiger partial charge < -0.3 is 20.7 Å². The van der Waals surface area contributed by atoms with E-state index in [4.69, 9.17) is 5.73 Å². The van der Waals surface area contributed by atoms with Gasteiger partial charge >= 0.3 is 0 Å². The number of fused-ring (bicyclic) bond motifs is 6. The number of aromatic hydroxyl groups is 1. The van der Waals surface area contributed by atoms with Gasteiger partial charge in [-0.3, -0.25) is 0 Å². The van der Waals surface area contributed by atoms with Crippen molar-refractivity contribution < 1.29 is 5.11 Å². The molecule has 0 radical (unpaired) electrons. The second-order valence-corrected chi connectivity index (χ2v) is 6.88. The number of benzene rings is 1. The Labute approximate surface area is 138 Å². The lowest BCUT2D eigenvalue weighted by molar-refractivity contribution is 0.428. The highest BCUT2D eigenvalue weighted by Crippen LogP contribution is 2.58. The molecule has 4 N–H and O–H groups in total. The van der Waals surface area contributed by atoms with Crippen molar-refractivity contribution in [3.8, 4) is 5.75 Å². The Balaban J connectivity index is 1.67. The summed E-state index contributed by atoms with van der Waals surface area (Å²) in [5.41, 5.74) is 9.58. The predicted molar refractivity (Wildman–Crippen MR) is 89.7 cm³/mol. The van der Waals surface area contributed by atoms with Crippen molar-refractivity contribution in [2.75, 3.05) is 5.32 Å². The molecule has 2 aliphatic carbocycles. The number of phenolic OH excluding ortho intramolecular Hbond substituents is 1. The Bertz CT molecular complexity index is 967. The van der Waals surface area contributed by atoms with E-state index in [2.05, 4.69) is 26.3 Å². The number of aromatic nitrogens is 4. The topological polar surface area (TPSA) is 102 Å². The number of anilines is 1. The lowest BCUT2D eigenvalue weighted by Gasteiger charge is -2.33. The fourth-order valence-electron chi connectivity index (χ4n) is 4.52. The first-order valence-corrected chi connectivity index (χ1v) is 8.07. The van der Waals surface area contributed by atoms with Gasteiger partial charge in [-0.05, 0) is 24.5 Å². The summed E-state index contributed by atoms with van der Waals surface area (Å²) in [6.07, 6.45) is 4.89. The van der Waals surface area contributed by atoms with E-state index < -0.39 is 5.54 Å². The second-order valence-electron chi connectivity index (χ2n) is 6.88. The predicted octanol–water partition coefficient (Wildman–Crippen LogP) is 1.59. The zero-order chi connectivity index (χ0) is 16.5. The van der Waals surface area contributed by atoms with Gasteiger partial charge in [0, 0.05) is 24.6 Å². The molecule has 3 atom stereocenters. The molecule has 2 aliphatic rings. The van der Waals surface area contributed by atoms with E-state index in [1.165, 1.54) is 6.33 Å². The van der Waals surface area contributed by atoms with E-state index in [-0.39, 0.29) is 12.0 Å². The maximum absolute atomic E-state index is 10.5. The van der Waals surface area contributed by atoms with Gasteiger partial charge in [-0.1, -0.05) is 12.1 Å². The molecule has 122 valence electrons. The SMILES string of the molecule is Cn1cnc2c(NC34CC(N)C(C3)c3cccc(O)c34)ncnc21. The van der Waals surface area contributed by atoms with Crippen LogP contribution in [0.4, 0.5) is 5.82 Å². The number of nitrogens with one attached hydrogen (secondary N) is 1. The summed E-state index contributed by atoms with van der Waals surface area (Å²) in [6.45, 7) is 0. The van der Waals surface area contributed by atoms with Crippen LogP contribution in [0.2, 0.25) is 0 Å². The molecular formula is C17H18N6O. The smallest absolute Gasteiger partial charge is 0.165 e. The monoisotopic (exact) mass is 322 g/mol. The Morgan fingerprint density at radius 3 is 3.04 bits per heavy atom. The summed E-state index contributed by atoms with van der Waals surface area (Å²) in [5, 5.41) is 14.0. The van der Waals surface area contributed by atoms with Crippen LogP contribution >= 0.6 is 0 Å². The first kappa shape index (κ1) is 13.7. The van der Waals surface area contributed by atoms with Crippen LogP contribution in [0.5, 0.6) is 5.75 Å². The number of aryl methyl sites for hydroxylation is 1. The summed E-state index contributed by atoms with van der Waals surface area (Å²) < 4.78 is 1.86. The van der Waals surface area contributed by atoms with E-state index in [1.54, 1.807) is 12.4 Å². The van der Waals surface area contributed by atoms with Crippen molar-refractivity contribution in [2.45, 2.75) is 30.3 Å². The molecule has 0 spiro atoms. The highest BCUT2D eigenvalue weighted by atomic mass is 16.3. The maximum Gasteiger partial charge on any atom is 0.165 e. The van der Waals surface area contributed by atoms with Gasteiger partial charge in [0.05, 0.1) is 11.9 Å². The molecule has 0 amide bonds. The molecule has 0 saturated heterocycles. The van der Waals surface area contributed by atoms with Crippen LogP contribution < -0.4 is 11.1 Å². The Kier molecular flexibility index (Phi) is 2.55. The number of nitrogens with two attached hydrogens (primary N) is 1. The van der Waals surface area contributed by atoms with E-state index in [0.717, 1.165) is 35.1 Å². The Hall–Kier alpha value is -2.67. The molecule has 2 aromatic heterocycles. The normalized spacial score (nSPS) is 27.6. The summed E-state index contributed by atoms with van der Waals surface area (Å²) in [7, 11) is 1.91. The molecule has 7 heteroatoms. The molecule has 0 aliphatic heterocycles. The summed E-state index contributed by atoms with van der Waals surface area (Å²) >= 11 is 0. The molecule has 2 bridgehead atoms. The van der Waals surface area contributed by atoms with E-state index >= 15 is 0 Å². The molecule has 1 saturated carbocycles. The van der Waals surface area contributed by atoms with Crippen molar-refractivity contribution in [3.63, 3.8) is 0 Å². The van der Waals surface area contributed by atoms with Crippen LogP contribution in [-0.2, 0) is 12.6 Å². The Morgan fingerprint density at radius 2 is 2.17 bits per heavy atom. The zero-order valence-electron chi connectivity index (χ0n) is 13.3. The quantitative estimate of drug-likeness (QED) is 0.662. The van der Waals surface area contributed by atoms with Gasteiger partial charge in [0.1, 0.15) is 17.6 Å². The van der Waals surface area contributed by atoms with E-state index in [0.29, 0.717) is 11.6 Å². The molecule has 1 aromatic carbocycles. The van der Waals surface area contributed by atoms with Crippen LogP contribution in [0, 0.1) is 0 Å². The highest BCUT2D eigenvalue weighted by Gasteiger charge is 2.54. The summed E-state index contributed by atoms with van der Waals surface area (Å²) in [4.78, 5) is 13.1. The minimum atomic E-state index is -0.399. The van der Waals surface area contributed by atoms with Crippen LogP contribution in [0.1, 0.15) is 29.9 Å². The van der Waals surface area contributed by atoms with Crippen LogP contribution in [0.25, 0.3) is 11.2 Å². The first-order chi connectivity index (χ1) is 11.6. The average Bonchev–Trinajstić information content (AvgIpc) is 3.19. The third-order valence-corrected chi connectivity index (χ3v) is 5.48. The fourth-order valence-corrected chi connectivity index (χ4v) is 4.52. The largest absolute Gasteiger partial charge is 0.508 e. The zero-order valence-corrected chi connectivity index (χ0v) is 13.3.